The van der Waals surface area contributed by atoms with Crippen LogP contribution in [-0.4, -0.2) is 24.3 Å². The van der Waals surface area contributed by atoms with Gasteiger partial charge in [0.2, 0.25) is 5.91 Å². The zero-order valence-electron chi connectivity index (χ0n) is 12.6. The maximum Gasteiger partial charge on any atom is 0.319 e. The molecular formula is C16H17N3O4. The highest BCUT2D eigenvalue weighted by atomic mass is 16.3. The van der Waals surface area contributed by atoms with Crippen molar-refractivity contribution in [3.05, 3.63) is 54.0 Å². The number of ketones is 1. The molecule has 0 aliphatic carbocycles. The number of benzene rings is 1. The number of Topliss-reactive ketones (excluding diaryl/α,β-unsaturated/α-hetero) is 1. The van der Waals surface area contributed by atoms with Gasteiger partial charge in [-0.05, 0) is 43.3 Å². The first kappa shape index (κ1) is 16.3. The predicted octanol–water partition coefficient (Wildman–Crippen LogP) is 1.92. The van der Waals surface area contributed by atoms with Crippen molar-refractivity contribution in [2.24, 2.45) is 0 Å². The molecule has 7 heteroatoms. The monoisotopic (exact) mass is 315 g/mol. The highest BCUT2D eigenvalue weighted by molar-refractivity contribution is 5.95. The summed E-state index contributed by atoms with van der Waals surface area (Å²) in [4.78, 5) is 34.4. The fourth-order valence-corrected chi connectivity index (χ4v) is 1.79. The van der Waals surface area contributed by atoms with Crippen LogP contribution in [0.15, 0.2) is 47.1 Å². The number of amides is 3. The van der Waals surface area contributed by atoms with Crippen LogP contribution >= 0.6 is 0 Å². The van der Waals surface area contributed by atoms with E-state index in [1.54, 1.807) is 36.4 Å². The minimum Gasteiger partial charge on any atom is -0.467 e. The van der Waals surface area contributed by atoms with Crippen molar-refractivity contribution in [1.29, 1.82) is 0 Å². The highest BCUT2D eigenvalue weighted by Crippen LogP contribution is 2.09. The smallest absolute Gasteiger partial charge is 0.319 e. The van der Waals surface area contributed by atoms with E-state index in [0.29, 0.717) is 17.0 Å². The topological polar surface area (TPSA) is 100 Å². The number of carbonyl (C=O) groups is 3. The Labute approximate surface area is 133 Å². The van der Waals surface area contributed by atoms with Gasteiger partial charge in [-0.2, -0.15) is 0 Å². The molecule has 2 aromatic rings. The summed E-state index contributed by atoms with van der Waals surface area (Å²) in [6.45, 7) is 1.58. The van der Waals surface area contributed by atoms with Crippen molar-refractivity contribution >= 4 is 23.4 Å². The average Bonchev–Trinajstić information content (AvgIpc) is 3.05. The summed E-state index contributed by atoms with van der Waals surface area (Å²) in [5.74, 6) is 0.256. The molecule has 120 valence electrons. The van der Waals surface area contributed by atoms with Crippen LogP contribution in [0.4, 0.5) is 10.5 Å². The number of hydrogen-bond donors (Lipinski definition) is 3. The lowest BCUT2D eigenvalue weighted by molar-refractivity contribution is -0.120. The molecule has 0 bridgehead atoms. The van der Waals surface area contributed by atoms with Crippen molar-refractivity contribution in [1.82, 2.24) is 10.6 Å². The fourth-order valence-electron chi connectivity index (χ4n) is 1.79. The molecule has 0 unspecified atom stereocenters. The van der Waals surface area contributed by atoms with E-state index in [9.17, 15) is 14.4 Å². The minimum absolute atomic E-state index is 0.0470. The van der Waals surface area contributed by atoms with Crippen molar-refractivity contribution in [2.75, 3.05) is 11.9 Å². The third-order valence-corrected chi connectivity index (χ3v) is 3.00. The van der Waals surface area contributed by atoms with E-state index in [4.69, 9.17) is 4.42 Å². The third kappa shape index (κ3) is 5.31. The maximum absolute atomic E-state index is 11.7. The van der Waals surface area contributed by atoms with Crippen molar-refractivity contribution in [2.45, 2.75) is 13.5 Å². The second kappa shape index (κ2) is 7.79. The van der Waals surface area contributed by atoms with Crippen LogP contribution < -0.4 is 16.0 Å². The van der Waals surface area contributed by atoms with Crippen LogP contribution in [0.2, 0.25) is 0 Å². The lowest BCUT2D eigenvalue weighted by Gasteiger charge is -2.08. The number of furan rings is 1. The molecule has 7 nitrogen and oxygen atoms in total. The van der Waals surface area contributed by atoms with Gasteiger partial charge in [-0.1, -0.05) is 0 Å². The van der Waals surface area contributed by atoms with Gasteiger partial charge in [-0.15, -0.1) is 0 Å². The summed E-state index contributed by atoms with van der Waals surface area (Å²) in [6, 6.07) is 9.44. The van der Waals surface area contributed by atoms with Gasteiger partial charge < -0.3 is 20.4 Å². The molecule has 0 saturated carbocycles. The molecule has 0 radical (unpaired) electrons. The Hall–Kier alpha value is -3.09. The van der Waals surface area contributed by atoms with Crippen LogP contribution in [0.1, 0.15) is 23.0 Å². The molecule has 0 aliphatic rings. The number of hydrogen-bond acceptors (Lipinski definition) is 4. The summed E-state index contributed by atoms with van der Waals surface area (Å²) in [5, 5.41) is 7.62. The van der Waals surface area contributed by atoms with Crippen LogP contribution in [0.5, 0.6) is 0 Å². The van der Waals surface area contributed by atoms with Crippen molar-refractivity contribution in [3.63, 3.8) is 0 Å². The first-order chi connectivity index (χ1) is 11.0. The lowest BCUT2D eigenvalue weighted by Crippen LogP contribution is -2.38. The van der Waals surface area contributed by atoms with E-state index >= 15 is 0 Å². The molecule has 3 N–H and O–H groups in total. The summed E-state index contributed by atoms with van der Waals surface area (Å²) in [5.41, 5.74) is 1.09. The Morgan fingerprint density at radius 2 is 1.78 bits per heavy atom. The predicted molar refractivity (Wildman–Crippen MR) is 84.0 cm³/mol. The van der Waals surface area contributed by atoms with E-state index in [2.05, 4.69) is 16.0 Å². The molecule has 3 amide bonds. The maximum atomic E-state index is 11.7. The number of urea groups is 1. The van der Waals surface area contributed by atoms with Gasteiger partial charge in [0, 0.05) is 11.3 Å². The zero-order valence-corrected chi connectivity index (χ0v) is 12.6. The van der Waals surface area contributed by atoms with Gasteiger partial charge in [0.25, 0.3) is 0 Å². The fraction of sp³-hybridized carbons (Fsp3) is 0.188. The highest BCUT2D eigenvalue weighted by Gasteiger charge is 2.07. The molecule has 0 fully saturated rings. The Balaban J connectivity index is 1.71. The molecule has 1 aromatic heterocycles. The van der Waals surface area contributed by atoms with E-state index in [1.165, 1.54) is 13.2 Å². The molecule has 0 atom stereocenters. The van der Waals surface area contributed by atoms with Crippen LogP contribution in [0.25, 0.3) is 0 Å². The van der Waals surface area contributed by atoms with Gasteiger partial charge in [0.15, 0.2) is 5.78 Å². The van der Waals surface area contributed by atoms with E-state index in [-0.39, 0.29) is 24.8 Å². The summed E-state index contributed by atoms with van der Waals surface area (Å²) < 4.78 is 5.08. The van der Waals surface area contributed by atoms with Crippen LogP contribution in [0.3, 0.4) is 0 Å². The first-order valence-corrected chi connectivity index (χ1v) is 6.99. The molecule has 0 spiro atoms. The van der Waals surface area contributed by atoms with E-state index in [0.717, 1.165) is 0 Å². The minimum atomic E-state index is -0.506. The Morgan fingerprint density at radius 3 is 2.39 bits per heavy atom. The third-order valence-electron chi connectivity index (χ3n) is 3.00. The van der Waals surface area contributed by atoms with Gasteiger partial charge in [-0.3, -0.25) is 9.59 Å². The van der Waals surface area contributed by atoms with Crippen molar-refractivity contribution < 1.29 is 18.8 Å². The van der Waals surface area contributed by atoms with E-state index in [1.807, 2.05) is 0 Å². The van der Waals surface area contributed by atoms with Crippen molar-refractivity contribution in [3.8, 4) is 0 Å². The van der Waals surface area contributed by atoms with Crippen LogP contribution in [0, 0.1) is 0 Å². The molecule has 0 aliphatic heterocycles. The molecule has 0 saturated heterocycles. The number of carbonyl (C=O) groups excluding carboxylic acids is 3. The SMILES string of the molecule is CC(=O)c1ccc(NC(=O)NCC(=O)NCc2ccco2)cc1. The zero-order chi connectivity index (χ0) is 16.7. The van der Waals surface area contributed by atoms with Crippen LogP contribution in [-0.2, 0) is 11.3 Å². The lowest BCUT2D eigenvalue weighted by atomic mass is 10.1. The molecular weight excluding hydrogens is 298 g/mol. The van der Waals surface area contributed by atoms with Gasteiger partial charge in [-0.25, -0.2) is 4.79 Å². The second-order valence-electron chi connectivity index (χ2n) is 4.80. The number of anilines is 1. The van der Waals surface area contributed by atoms with Gasteiger partial charge in [0.05, 0.1) is 19.4 Å². The summed E-state index contributed by atoms with van der Waals surface area (Å²) in [7, 11) is 0. The molecule has 1 aromatic carbocycles. The summed E-state index contributed by atoms with van der Waals surface area (Å²) >= 11 is 0. The standard InChI is InChI=1S/C16H17N3O4/c1-11(20)12-4-6-13(7-5-12)19-16(22)18-10-15(21)17-9-14-3-2-8-23-14/h2-8H,9-10H2,1H3,(H,17,21)(H2,18,19,22). The normalized spacial score (nSPS) is 9.96. The van der Waals surface area contributed by atoms with Gasteiger partial charge >= 0.3 is 6.03 Å². The van der Waals surface area contributed by atoms with E-state index < -0.39 is 6.03 Å². The second-order valence-corrected chi connectivity index (χ2v) is 4.80. The average molecular weight is 315 g/mol. The molecule has 1 heterocycles. The molecule has 23 heavy (non-hydrogen) atoms. The first-order valence-electron chi connectivity index (χ1n) is 6.99. The Kier molecular flexibility index (Phi) is 5.51. The Morgan fingerprint density at radius 1 is 1.04 bits per heavy atom. The quantitative estimate of drug-likeness (QED) is 0.709. The summed E-state index contributed by atoms with van der Waals surface area (Å²) in [6.07, 6.45) is 1.52. The molecule has 2 rings (SSSR count). The number of nitrogens with one attached hydrogen (secondary N) is 3. The number of rotatable bonds is 6. The van der Waals surface area contributed by atoms with Gasteiger partial charge in [0.1, 0.15) is 5.76 Å². The Bertz CT molecular complexity index is 678. The largest absolute Gasteiger partial charge is 0.467 e.